The molecular formula is C18H41LiSi6. The largest absolute Gasteiger partial charge is 1.00 e. The Morgan fingerprint density at radius 2 is 0.880 bits per heavy atom. The van der Waals surface area contributed by atoms with Crippen molar-refractivity contribution in [3.8, 4) is 0 Å². The number of hydrogen-bond donors (Lipinski definition) is 0. The molecule has 0 saturated heterocycles. The van der Waals surface area contributed by atoms with Crippen molar-refractivity contribution in [2.75, 3.05) is 0 Å². The molecule has 0 radical (unpaired) electrons. The summed E-state index contributed by atoms with van der Waals surface area (Å²) in [6.07, 6.45) is 0. The standard InChI is InChI=1S/C18H41Si6.Li/c1-20(2,3)19(21(4,5)6)24(22(7,8)9,23(10,11)12)18-16-14-13-15-17-18;/h13-17H,1-12H3;/q-1;+1. The number of hydrogen-bond acceptors (Lipinski definition) is 0. The van der Waals surface area contributed by atoms with E-state index >= 15 is 0 Å². The van der Waals surface area contributed by atoms with Gasteiger partial charge >= 0.3 is 18.9 Å². The van der Waals surface area contributed by atoms with Gasteiger partial charge in [-0.05, 0) is 0 Å². The molecule has 0 nitrogen and oxygen atoms in total. The predicted molar refractivity (Wildman–Crippen MR) is 131 cm³/mol. The zero-order chi connectivity index (χ0) is 19.2. The van der Waals surface area contributed by atoms with Crippen molar-refractivity contribution in [1.29, 1.82) is 0 Å². The molecule has 0 heterocycles. The van der Waals surface area contributed by atoms with Crippen LogP contribution in [0.5, 0.6) is 0 Å². The van der Waals surface area contributed by atoms with Crippen molar-refractivity contribution in [3.63, 3.8) is 0 Å². The van der Waals surface area contributed by atoms with E-state index in [4.69, 9.17) is 0 Å². The Morgan fingerprint density at radius 1 is 0.560 bits per heavy atom. The second-order valence-electron chi connectivity index (χ2n) is 11.5. The minimum atomic E-state index is -1.47. The van der Waals surface area contributed by atoms with Crippen molar-refractivity contribution in [3.05, 3.63) is 30.3 Å². The molecule has 0 aromatic heterocycles. The maximum atomic E-state index is 2.75. The Hall–Kier alpha value is 1.12. The van der Waals surface area contributed by atoms with Crippen molar-refractivity contribution in [1.82, 2.24) is 0 Å². The Balaban J connectivity index is 0.00000576. The summed E-state index contributed by atoms with van der Waals surface area (Å²) in [6.45, 7) is 31.4. The van der Waals surface area contributed by atoms with Gasteiger partial charge in [0.1, 0.15) is 0 Å². The first-order valence-electron chi connectivity index (χ1n) is 9.41. The second kappa shape index (κ2) is 8.24. The van der Waals surface area contributed by atoms with Crippen LogP contribution in [0.4, 0.5) is 0 Å². The molecule has 0 atom stereocenters. The maximum absolute atomic E-state index is 2.75. The molecule has 0 N–H and O–H groups in total. The first-order chi connectivity index (χ1) is 10.5. The monoisotopic (exact) mass is 432 g/mol. The number of benzene rings is 1. The van der Waals surface area contributed by atoms with Crippen LogP contribution in [-0.4, -0.2) is 44.3 Å². The molecule has 0 aliphatic carbocycles. The molecule has 0 spiro atoms. The van der Waals surface area contributed by atoms with Crippen LogP contribution in [-0.2, 0) is 0 Å². The van der Waals surface area contributed by atoms with E-state index in [1.807, 2.05) is 5.19 Å². The zero-order valence-corrected chi connectivity index (χ0v) is 25.4. The molecule has 0 saturated carbocycles. The molecule has 0 fully saturated rings. The molecule has 0 aliphatic rings. The molecule has 1 aromatic carbocycles. The van der Waals surface area contributed by atoms with E-state index in [0.29, 0.717) is 0 Å². The summed E-state index contributed by atoms with van der Waals surface area (Å²) in [4.78, 5) is 0. The molecule has 0 aliphatic heterocycles. The van der Waals surface area contributed by atoms with E-state index in [1.54, 1.807) is 0 Å². The van der Waals surface area contributed by atoms with Gasteiger partial charge in [-0.3, -0.25) is 0 Å². The molecule has 7 heteroatoms. The smallest absolute Gasteiger partial charge is 0.250 e. The zero-order valence-electron chi connectivity index (χ0n) is 19.4. The van der Waals surface area contributed by atoms with Crippen molar-refractivity contribution in [2.45, 2.75) is 78.6 Å². The third-order valence-electron chi connectivity index (χ3n) is 5.33. The fourth-order valence-corrected chi connectivity index (χ4v) is 207. The second-order valence-corrected chi connectivity index (χ2v) is 70.6. The molecule has 1 rings (SSSR count). The third kappa shape index (κ3) is 5.14. The van der Waals surface area contributed by atoms with Gasteiger partial charge in [0, 0.05) is 15.2 Å². The van der Waals surface area contributed by atoms with Gasteiger partial charge in [-0.15, -0.1) is 15.2 Å². The summed E-state index contributed by atoms with van der Waals surface area (Å²) in [5.41, 5.74) is 0. The Kier molecular flexibility index (Phi) is 8.61. The summed E-state index contributed by atoms with van der Waals surface area (Å²) in [5, 5.41) is 1.86. The normalized spacial score (nSPS) is 14.4. The number of rotatable bonds is 6. The average Bonchev–Trinajstić information content (AvgIpc) is 2.30. The molecule has 0 unspecified atom stereocenters. The van der Waals surface area contributed by atoms with Crippen LogP contribution in [0.2, 0.25) is 78.6 Å². The van der Waals surface area contributed by atoms with Crippen LogP contribution in [0.1, 0.15) is 0 Å². The van der Waals surface area contributed by atoms with Gasteiger partial charge in [0.15, 0.2) is 0 Å². The fourth-order valence-electron chi connectivity index (χ4n) is 5.82. The summed E-state index contributed by atoms with van der Waals surface area (Å²) >= 11 is 0. The average molecular weight is 433 g/mol. The van der Waals surface area contributed by atoms with Gasteiger partial charge in [-0.1, -0.05) is 121 Å². The predicted octanol–water partition coefficient (Wildman–Crippen LogP) is 2.59. The SMILES string of the molecule is C[Si](C)(C)[Si-]([Si](C)(C)C)[Si](c1ccccc1)([Si](C)(C)C)[Si](C)(C)C.[Li+]. The minimum Gasteiger partial charge on any atom is -0.250 e. The van der Waals surface area contributed by atoms with Gasteiger partial charge in [0.2, 0.25) is 0 Å². The topological polar surface area (TPSA) is 0 Å². The quantitative estimate of drug-likeness (QED) is 0.606. The Morgan fingerprint density at radius 3 is 1.12 bits per heavy atom. The molecule has 0 amide bonds. The Labute approximate surface area is 176 Å². The van der Waals surface area contributed by atoms with E-state index in [2.05, 4.69) is 109 Å². The van der Waals surface area contributed by atoms with Gasteiger partial charge in [0.25, 0.3) is 0 Å². The summed E-state index contributed by atoms with van der Waals surface area (Å²) < 4.78 is 0. The van der Waals surface area contributed by atoms with E-state index in [9.17, 15) is 0 Å². The van der Waals surface area contributed by atoms with E-state index < -0.39 is 37.0 Å². The van der Waals surface area contributed by atoms with Crippen molar-refractivity contribution < 1.29 is 18.9 Å². The van der Waals surface area contributed by atoms with Crippen LogP contribution < -0.4 is 24.0 Å². The molecule has 0 bridgehead atoms. The first-order valence-corrected chi connectivity index (χ1v) is 31.9. The van der Waals surface area contributed by atoms with Crippen LogP contribution >= 0.6 is 0 Å². The summed E-state index contributed by atoms with van der Waals surface area (Å²) in [6, 6.07) is 12.0. The fraction of sp³-hybridized carbons (Fsp3) is 0.667. The van der Waals surface area contributed by atoms with Gasteiger partial charge in [0.05, 0.1) is 0 Å². The Bertz CT molecular complexity index is 518. The van der Waals surface area contributed by atoms with Gasteiger partial charge in [-0.2, -0.15) is 0 Å². The van der Waals surface area contributed by atoms with Gasteiger partial charge < -0.3 is 0 Å². The van der Waals surface area contributed by atoms with Crippen LogP contribution in [0.15, 0.2) is 30.3 Å². The maximum Gasteiger partial charge on any atom is 1.00 e. The van der Waals surface area contributed by atoms with E-state index in [0.717, 1.165) is 0 Å². The summed E-state index contributed by atoms with van der Waals surface area (Å²) in [7, 11) is -5.19. The van der Waals surface area contributed by atoms with Gasteiger partial charge in [-0.25, -0.2) is 7.35 Å². The molecule has 25 heavy (non-hydrogen) atoms. The molecular weight excluding hydrogens is 392 g/mol. The van der Waals surface area contributed by atoms with Crippen LogP contribution in [0.25, 0.3) is 0 Å². The first kappa shape index (κ1) is 26.1. The summed E-state index contributed by atoms with van der Waals surface area (Å²) in [5.74, 6) is 0. The van der Waals surface area contributed by atoms with Crippen molar-refractivity contribution in [2.24, 2.45) is 0 Å². The molecule has 138 valence electrons. The van der Waals surface area contributed by atoms with Crippen LogP contribution in [0.3, 0.4) is 0 Å². The van der Waals surface area contributed by atoms with E-state index in [-0.39, 0.29) is 26.2 Å². The van der Waals surface area contributed by atoms with E-state index in [1.165, 1.54) is 0 Å². The van der Waals surface area contributed by atoms with Crippen LogP contribution in [0, 0.1) is 0 Å². The molecule has 1 aromatic rings. The minimum absolute atomic E-state index is 0. The van der Waals surface area contributed by atoms with Crippen molar-refractivity contribution >= 4 is 49.5 Å². The third-order valence-corrected chi connectivity index (χ3v) is 116.